The fraction of sp³-hybridized carbons (Fsp3) is 0.583. The second-order valence-electron chi connectivity index (χ2n) is 4.39. The van der Waals surface area contributed by atoms with Gasteiger partial charge < -0.3 is 10.2 Å². The molecule has 1 fully saturated rings. The summed E-state index contributed by atoms with van der Waals surface area (Å²) >= 11 is 6.12. The number of nitrogens with zero attached hydrogens (tertiary/aromatic N) is 3. The summed E-state index contributed by atoms with van der Waals surface area (Å²) in [6.07, 6.45) is 0.724. The maximum Gasteiger partial charge on any atom is 0.242 e. The fourth-order valence-corrected chi connectivity index (χ4v) is 2.21. The fourth-order valence-electron chi connectivity index (χ4n) is 2.03. The van der Waals surface area contributed by atoms with E-state index >= 15 is 0 Å². The lowest BCUT2D eigenvalue weighted by Crippen LogP contribution is -2.54. The molecule has 6 heteroatoms. The van der Waals surface area contributed by atoms with Crippen molar-refractivity contribution in [2.24, 2.45) is 0 Å². The van der Waals surface area contributed by atoms with Crippen molar-refractivity contribution in [1.29, 1.82) is 0 Å². The summed E-state index contributed by atoms with van der Waals surface area (Å²) in [6, 6.07) is -0.229. The number of rotatable bonds is 2. The average Bonchev–Trinajstić information content (AvgIpc) is 2.36. The lowest BCUT2D eigenvalue weighted by Gasteiger charge is -2.34. The van der Waals surface area contributed by atoms with Crippen LogP contribution in [0.25, 0.3) is 0 Å². The molecule has 2 heterocycles. The number of carbonyl (C=O) groups is 1. The minimum atomic E-state index is -0.229. The number of anilines is 1. The number of hydrogen-bond acceptors (Lipinski definition) is 4. The number of amides is 1. The van der Waals surface area contributed by atoms with Gasteiger partial charge in [-0.1, -0.05) is 18.5 Å². The van der Waals surface area contributed by atoms with Gasteiger partial charge in [-0.3, -0.25) is 4.79 Å². The topological polar surface area (TPSA) is 58.1 Å². The molecule has 1 aromatic rings. The van der Waals surface area contributed by atoms with E-state index in [0.29, 0.717) is 17.5 Å². The maximum absolute atomic E-state index is 11.7. The quantitative estimate of drug-likeness (QED) is 0.822. The van der Waals surface area contributed by atoms with Gasteiger partial charge in [0.25, 0.3) is 0 Å². The van der Waals surface area contributed by atoms with Crippen LogP contribution in [-0.4, -0.2) is 35.0 Å². The molecule has 5 nitrogen and oxygen atoms in total. The van der Waals surface area contributed by atoms with Gasteiger partial charge in [0.05, 0.1) is 0 Å². The highest BCUT2D eigenvalue weighted by Crippen LogP contribution is 2.25. The number of aromatic nitrogens is 2. The Morgan fingerprint density at radius 2 is 2.22 bits per heavy atom. The monoisotopic (exact) mass is 268 g/mol. The minimum absolute atomic E-state index is 0.0217. The predicted molar refractivity (Wildman–Crippen MR) is 71.0 cm³/mol. The standard InChI is InChI=1S/C12H17ClN4O/c1-4-9-15-10(13)7(2)11(16-9)17-6-5-14-12(18)8(17)3/h8H,4-6H2,1-3H3,(H,14,18). The highest BCUT2D eigenvalue weighted by molar-refractivity contribution is 6.30. The van der Waals surface area contributed by atoms with Gasteiger partial charge in [-0.05, 0) is 13.8 Å². The highest BCUT2D eigenvalue weighted by atomic mass is 35.5. The Bertz CT molecular complexity index is 477. The summed E-state index contributed by atoms with van der Waals surface area (Å²) in [7, 11) is 0. The van der Waals surface area contributed by atoms with Crippen LogP contribution in [0.1, 0.15) is 25.2 Å². The molecule has 0 aromatic carbocycles. The van der Waals surface area contributed by atoms with Crippen molar-refractivity contribution in [3.8, 4) is 0 Å². The number of hydrogen-bond donors (Lipinski definition) is 1. The summed E-state index contributed by atoms with van der Waals surface area (Å²) in [5, 5.41) is 3.30. The Kier molecular flexibility index (Phi) is 3.71. The molecule has 1 amide bonds. The van der Waals surface area contributed by atoms with Gasteiger partial charge in [-0.2, -0.15) is 0 Å². The Hall–Kier alpha value is -1.36. The second-order valence-corrected chi connectivity index (χ2v) is 4.75. The normalized spacial score (nSPS) is 19.9. The zero-order valence-electron chi connectivity index (χ0n) is 10.8. The van der Waals surface area contributed by atoms with Gasteiger partial charge in [-0.25, -0.2) is 9.97 Å². The van der Waals surface area contributed by atoms with Crippen LogP contribution in [0.5, 0.6) is 0 Å². The van der Waals surface area contributed by atoms with Crippen LogP contribution in [0.4, 0.5) is 5.82 Å². The molecule has 1 saturated heterocycles. The van der Waals surface area contributed by atoms with E-state index < -0.39 is 0 Å². The lowest BCUT2D eigenvalue weighted by atomic mass is 10.2. The van der Waals surface area contributed by atoms with Crippen LogP contribution in [0, 0.1) is 6.92 Å². The van der Waals surface area contributed by atoms with Crippen molar-refractivity contribution >= 4 is 23.3 Å². The summed E-state index contributed by atoms with van der Waals surface area (Å²) in [4.78, 5) is 22.4. The molecule has 1 atom stereocenters. The Balaban J connectivity index is 2.43. The smallest absolute Gasteiger partial charge is 0.242 e. The van der Waals surface area contributed by atoms with E-state index in [-0.39, 0.29) is 11.9 Å². The van der Waals surface area contributed by atoms with Crippen LogP contribution in [0.2, 0.25) is 5.15 Å². The molecule has 2 rings (SSSR count). The molecule has 1 aliphatic heterocycles. The largest absolute Gasteiger partial charge is 0.353 e. The van der Waals surface area contributed by atoms with Crippen molar-refractivity contribution < 1.29 is 4.79 Å². The number of halogens is 1. The van der Waals surface area contributed by atoms with Gasteiger partial charge >= 0.3 is 0 Å². The van der Waals surface area contributed by atoms with Crippen LogP contribution in [0.3, 0.4) is 0 Å². The van der Waals surface area contributed by atoms with Crippen molar-refractivity contribution in [3.05, 3.63) is 16.5 Å². The molecule has 1 aliphatic rings. The van der Waals surface area contributed by atoms with Crippen molar-refractivity contribution in [3.63, 3.8) is 0 Å². The number of carbonyl (C=O) groups excluding carboxylic acids is 1. The van der Waals surface area contributed by atoms with Gasteiger partial charge in [0, 0.05) is 25.1 Å². The molecular formula is C12H17ClN4O. The molecule has 0 aliphatic carbocycles. The number of aryl methyl sites for hydroxylation is 1. The third-order valence-corrected chi connectivity index (χ3v) is 3.56. The first-order valence-electron chi connectivity index (χ1n) is 6.12. The van der Waals surface area contributed by atoms with Crippen molar-refractivity contribution in [2.75, 3.05) is 18.0 Å². The third kappa shape index (κ3) is 2.27. The summed E-state index contributed by atoms with van der Waals surface area (Å²) in [5.74, 6) is 1.50. The van der Waals surface area contributed by atoms with E-state index in [1.807, 2.05) is 25.7 Å². The van der Waals surface area contributed by atoms with E-state index in [2.05, 4.69) is 15.3 Å². The lowest BCUT2D eigenvalue weighted by molar-refractivity contribution is -0.122. The van der Waals surface area contributed by atoms with E-state index in [1.165, 1.54) is 0 Å². The zero-order chi connectivity index (χ0) is 13.3. The van der Waals surface area contributed by atoms with Gasteiger partial charge in [0.2, 0.25) is 5.91 Å². The molecule has 0 saturated carbocycles. The van der Waals surface area contributed by atoms with E-state index in [0.717, 1.165) is 24.3 Å². The van der Waals surface area contributed by atoms with Gasteiger partial charge in [0.15, 0.2) is 0 Å². The molecular weight excluding hydrogens is 252 g/mol. The predicted octanol–water partition coefficient (Wildman–Crippen LogP) is 1.33. The number of piperazine rings is 1. The van der Waals surface area contributed by atoms with E-state index in [1.54, 1.807) is 0 Å². The SMILES string of the molecule is CCc1nc(Cl)c(C)c(N2CCNC(=O)C2C)n1. The van der Waals surface area contributed by atoms with Crippen molar-refractivity contribution in [1.82, 2.24) is 15.3 Å². The highest BCUT2D eigenvalue weighted by Gasteiger charge is 2.28. The molecule has 0 radical (unpaired) electrons. The zero-order valence-corrected chi connectivity index (χ0v) is 11.6. The first-order valence-corrected chi connectivity index (χ1v) is 6.49. The van der Waals surface area contributed by atoms with Crippen LogP contribution < -0.4 is 10.2 Å². The van der Waals surface area contributed by atoms with E-state index in [4.69, 9.17) is 11.6 Å². The summed E-state index contributed by atoms with van der Waals surface area (Å²) < 4.78 is 0. The second kappa shape index (κ2) is 5.10. The molecule has 0 spiro atoms. The Morgan fingerprint density at radius 1 is 1.50 bits per heavy atom. The molecule has 0 bridgehead atoms. The third-order valence-electron chi connectivity index (χ3n) is 3.19. The van der Waals surface area contributed by atoms with Crippen molar-refractivity contribution in [2.45, 2.75) is 33.2 Å². The average molecular weight is 269 g/mol. The van der Waals surface area contributed by atoms with Crippen LogP contribution in [-0.2, 0) is 11.2 Å². The molecule has 1 unspecified atom stereocenters. The first-order chi connectivity index (χ1) is 8.54. The Labute approximate surface area is 112 Å². The number of nitrogens with one attached hydrogen (secondary N) is 1. The van der Waals surface area contributed by atoms with Crippen LogP contribution in [0.15, 0.2) is 0 Å². The molecule has 1 N–H and O–H groups in total. The molecule has 1 aromatic heterocycles. The van der Waals surface area contributed by atoms with Gasteiger partial charge in [0.1, 0.15) is 22.8 Å². The maximum atomic E-state index is 11.7. The van der Waals surface area contributed by atoms with Gasteiger partial charge in [-0.15, -0.1) is 0 Å². The molecule has 18 heavy (non-hydrogen) atoms. The first kappa shape index (κ1) is 13.1. The van der Waals surface area contributed by atoms with Crippen LogP contribution >= 0.6 is 11.6 Å². The van der Waals surface area contributed by atoms with E-state index in [9.17, 15) is 4.79 Å². The summed E-state index contributed by atoms with van der Waals surface area (Å²) in [6.45, 7) is 7.11. The minimum Gasteiger partial charge on any atom is -0.353 e. The molecule has 98 valence electrons. The summed E-state index contributed by atoms with van der Waals surface area (Å²) in [5.41, 5.74) is 0.829. The Morgan fingerprint density at radius 3 is 2.89 bits per heavy atom.